The molecule has 1 aromatic carbocycles. The van der Waals surface area contributed by atoms with Crippen molar-refractivity contribution in [3.05, 3.63) is 36.4 Å². The van der Waals surface area contributed by atoms with Gasteiger partial charge in [0.1, 0.15) is 6.61 Å². The van der Waals surface area contributed by atoms with Crippen LogP contribution in [0.25, 0.3) is 10.9 Å². The number of ether oxygens (including phenoxy) is 1. The fourth-order valence-corrected chi connectivity index (χ4v) is 1.64. The third-order valence-corrected chi connectivity index (χ3v) is 2.46. The van der Waals surface area contributed by atoms with Gasteiger partial charge in [-0.3, -0.25) is 4.68 Å². The predicted octanol–water partition coefficient (Wildman–Crippen LogP) is 1.60. The van der Waals surface area contributed by atoms with Crippen LogP contribution in [0.15, 0.2) is 30.9 Å². The maximum Gasteiger partial charge on any atom is 0.241 e. The lowest BCUT2D eigenvalue weighted by atomic mass is 10.1. The van der Waals surface area contributed by atoms with E-state index in [0.29, 0.717) is 19.0 Å². The Bertz CT molecular complexity index is 516. The van der Waals surface area contributed by atoms with E-state index in [9.17, 15) is 0 Å². The Morgan fingerprint density at radius 1 is 1.56 bits per heavy atom. The molecule has 1 heterocycles. The Kier molecular flexibility index (Phi) is 2.92. The topological polar surface area (TPSA) is 53.1 Å². The van der Waals surface area contributed by atoms with Gasteiger partial charge < -0.3 is 10.5 Å². The minimum atomic E-state index is 0.463. The number of nitrogens with zero attached hydrogens (tertiary/aromatic N) is 2. The molecular weight excluding hydrogens is 202 g/mol. The molecule has 0 aliphatic carbocycles. The Hall–Kier alpha value is -1.81. The number of rotatable bonds is 4. The van der Waals surface area contributed by atoms with E-state index in [1.807, 2.05) is 25.2 Å². The Balaban J connectivity index is 2.49. The summed E-state index contributed by atoms with van der Waals surface area (Å²) in [6.07, 6.45) is 1.70. The lowest BCUT2D eigenvalue weighted by molar-refractivity contribution is 0.348. The number of hydrogen-bond donors (Lipinski definition) is 1. The number of aryl methyl sites for hydroxylation is 1. The van der Waals surface area contributed by atoms with Crippen LogP contribution in [0, 0.1) is 0 Å². The zero-order chi connectivity index (χ0) is 11.5. The van der Waals surface area contributed by atoms with Crippen molar-refractivity contribution in [1.29, 1.82) is 0 Å². The van der Waals surface area contributed by atoms with Gasteiger partial charge in [-0.1, -0.05) is 18.7 Å². The van der Waals surface area contributed by atoms with Crippen LogP contribution in [-0.2, 0) is 13.6 Å². The van der Waals surface area contributed by atoms with E-state index >= 15 is 0 Å². The normalized spacial score (nSPS) is 10.6. The maximum absolute atomic E-state index is 5.60. The van der Waals surface area contributed by atoms with Gasteiger partial charge >= 0.3 is 0 Å². The van der Waals surface area contributed by atoms with Crippen molar-refractivity contribution in [3.8, 4) is 5.88 Å². The summed E-state index contributed by atoms with van der Waals surface area (Å²) in [6.45, 7) is 4.61. The quantitative estimate of drug-likeness (QED) is 0.791. The number of hydrogen-bond acceptors (Lipinski definition) is 3. The molecule has 0 bridgehead atoms. The summed E-state index contributed by atoms with van der Waals surface area (Å²) in [5.41, 5.74) is 7.72. The van der Waals surface area contributed by atoms with Crippen LogP contribution in [0.2, 0.25) is 0 Å². The van der Waals surface area contributed by atoms with Gasteiger partial charge in [0.25, 0.3) is 0 Å². The summed E-state index contributed by atoms with van der Waals surface area (Å²) in [7, 11) is 1.89. The first kappa shape index (κ1) is 10.7. The number of benzene rings is 1. The predicted molar refractivity (Wildman–Crippen MR) is 64.3 cm³/mol. The fraction of sp³-hybridized carbons (Fsp3) is 0.250. The highest BCUT2D eigenvalue weighted by molar-refractivity contribution is 5.85. The molecule has 0 unspecified atom stereocenters. The molecular formula is C12H15N3O. The second-order valence-corrected chi connectivity index (χ2v) is 3.58. The minimum Gasteiger partial charge on any atom is -0.472 e. The summed E-state index contributed by atoms with van der Waals surface area (Å²) < 4.78 is 7.28. The molecule has 4 nitrogen and oxygen atoms in total. The first-order valence-corrected chi connectivity index (χ1v) is 5.15. The number of fused-ring (bicyclic) bond motifs is 1. The first-order valence-electron chi connectivity index (χ1n) is 5.15. The van der Waals surface area contributed by atoms with Gasteiger partial charge in [-0.2, -0.15) is 0 Å². The van der Waals surface area contributed by atoms with E-state index in [1.54, 1.807) is 10.8 Å². The highest BCUT2D eigenvalue weighted by Gasteiger charge is 2.09. The van der Waals surface area contributed by atoms with Crippen LogP contribution in [0.4, 0.5) is 0 Å². The molecule has 2 rings (SSSR count). The summed E-state index contributed by atoms with van der Waals surface area (Å²) in [4.78, 5) is 0. The largest absolute Gasteiger partial charge is 0.472 e. The van der Waals surface area contributed by atoms with Gasteiger partial charge in [-0.15, -0.1) is 5.10 Å². The second kappa shape index (κ2) is 4.37. The highest BCUT2D eigenvalue weighted by atomic mass is 16.5. The van der Waals surface area contributed by atoms with Crippen molar-refractivity contribution in [1.82, 2.24) is 9.78 Å². The van der Waals surface area contributed by atoms with Crippen molar-refractivity contribution in [2.75, 3.05) is 6.61 Å². The molecule has 0 radical (unpaired) electrons. The van der Waals surface area contributed by atoms with E-state index in [2.05, 4.69) is 11.7 Å². The second-order valence-electron chi connectivity index (χ2n) is 3.58. The Morgan fingerprint density at radius 3 is 3.06 bits per heavy atom. The summed E-state index contributed by atoms with van der Waals surface area (Å²) in [5.74, 6) is 0.640. The zero-order valence-electron chi connectivity index (χ0n) is 9.31. The van der Waals surface area contributed by atoms with Crippen LogP contribution in [0.5, 0.6) is 5.88 Å². The van der Waals surface area contributed by atoms with Crippen molar-refractivity contribution in [2.24, 2.45) is 12.8 Å². The molecule has 0 amide bonds. The van der Waals surface area contributed by atoms with Crippen molar-refractivity contribution >= 4 is 10.9 Å². The lowest BCUT2D eigenvalue weighted by Gasteiger charge is -1.99. The molecule has 2 N–H and O–H groups in total. The third-order valence-electron chi connectivity index (χ3n) is 2.46. The standard InChI is InChI=1S/C12H15N3O/c1-3-6-16-12-10-5-4-9(8-13)7-11(10)15(2)14-12/h3-5,7H,1,6,8,13H2,2H3. The van der Waals surface area contributed by atoms with Gasteiger partial charge in [0, 0.05) is 13.6 Å². The van der Waals surface area contributed by atoms with Crippen molar-refractivity contribution < 1.29 is 4.74 Å². The molecule has 0 fully saturated rings. The minimum absolute atomic E-state index is 0.463. The van der Waals surface area contributed by atoms with Gasteiger partial charge in [-0.25, -0.2) is 0 Å². The average molecular weight is 217 g/mol. The zero-order valence-corrected chi connectivity index (χ0v) is 9.31. The van der Waals surface area contributed by atoms with E-state index in [0.717, 1.165) is 16.5 Å². The molecule has 16 heavy (non-hydrogen) atoms. The summed E-state index contributed by atoms with van der Waals surface area (Å²) >= 11 is 0. The summed E-state index contributed by atoms with van der Waals surface area (Å²) in [6, 6.07) is 6.01. The molecule has 1 aromatic heterocycles. The molecule has 0 saturated carbocycles. The third kappa shape index (κ3) is 1.79. The maximum atomic E-state index is 5.60. The SMILES string of the molecule is C=CCOc1nn(C)c2cc(CN)ccc12. The lowest BCUT2D eigenvalue weighted by Crippen LogP contribution is -1.96. The fourth-order valence-electron chi connectivity index (χ4n) is 1.64. The molecule has 4 heteroatoms. The van der Waals surface area contributed by atoms with Gasteiger partial charge in [0.15, 0.2) is 0 Å². The molecule has 2 aromatic rings. The van der Waals surface area contributed by atoms with Gasteiger partial charge in [0.2, 0.25) is 5.88 Å². The Morgan fingerprint density at radius 2 is 2.38 bits per heavy atom. The number of nitrogens with two attached hydrogens (primary N) is 1. The van der Waals surface area contributed by atoms with Gasteiger partial charge in [-0.05, 0) is 17.7 Å². The van der Waals surface area contributed by atoms with Crippen LogP contribution >= 0.6 is 0 Å². The molecule has 0 aliphatic heterocycles. The van der Waals surface area contributed by atoms with E-state index in [1.165, 1.54) is 0 Å². The molecule has 0 aliphatic rings. The van der Waals surface area contributed by atoms with Crippen LogP contribution in [0.3, 0.4) is 0 Å². The Labute approximate surface area is 94.3 Å². The molecule has 0 atom stereocenters. The first-order chi connectivity index (χ1) is 7.76. The van der Waals surface area contributed by atoms with E-state index in [4.69, 9.17) is 10.5 Å². The smallest absolute Gasteiger partial charge is 0.241 e. The molecule has 84 valence electrons. The highest BCUT2D eigenvalue weighted by Crippen LogP contribution is 2.25. The average Bonchev–Trinajstić information content (AvgIpc) is 2.63. The van der Waals surface area contributed by atoms with Crippen LogP contribution < -0.4 is 10.5 Å². The monoisotopic (exact) mass is 217 g/mol. The number of aromatic nitrogens is 2. The van der Waals surface area contributed by atoms with Crippen molar-refractivity contribution in [2.45, 2.75) is 6.54 Å². The van der Waals surface area contributed by atoms with E-state index in [-0.39, 0.29) is 0 Å². The van der Waals surface area contributed by atoms with Crippen LogP contribution in [0.1, 0.15) is 5.56 Å². The van der Waals surface area contributed by atoms with E-state index < -0.39 is 0 Å². The molecule has 0 spiro atoms. The van der Waals surface area contributed by atoms with Crippen molar-refractivity contribution in [3.63, 3.8) is 0 Å². The summed E-state index contributed by atoms with van der Waals surface area (Å²) in [5, 5.41) is 5.31. The van der Waals surface area contributed by atoms with Gasteiger partial charge in [0.05, 0.1) is 10.9 Å². The van der Waals surface area contributed by atoms with Crippen LogP contribution in [-0.4, -0.2) is 16.4 Å². The molecule has 0 saturated heterocycles.